The van der Waals surface area contributed by atoms with E-state index in [1.165, 1.54) is 28.4 Å². The molecule has 0 spiro atoms. The number of benzene rings is 1. The molecule has 5 rings (SSSR count). The Morgan fingerprint density at radius 3 is 2.57 bits per heavy atom. The van der Waals surface area contributed by atoms with Crippen molar-refractivity contribution < 1.29 is 4.74 Å². The predicted molar refractivity (Wildman–Crippen MR) is 149 cm³/mol. The van der Waals surface area contributed by atoms with Gasteiger partial charge in [0, 0.05) is 0 Å². The van der Waals surface area contributed by atoms with Gasteiger partial charge in [0.05, 0.1) is 0 Å². The molecule has 0 bridgehead atoms. The monoisotopic (exact) mass is 556 g/mol. The van der Waals surface area contributed by atoms with Gasteiger partial charge in [-0.2, -0.15) is 0 Å². The maximum atomic E-state index is 9.71. The van der Waals surface area contributed by atoms with Crippen LogP contribution in [0.25, 0.3) is 22.2 Å². The van der Waals surface area contributed by atoms with Gasteiger partial charge in [-0.25, -0.2) is 0 Å². The molecule has 0 amide bonds. The molecule has 0 radical (unpaired) electrons. The normalized spacial score (nSPS) is 20.5. The van der Waals surface area contributed by atoms with Crippen LogP contribution in [0.1, 0.15) is 63.7 Å². The van der Waals surface area contributed by atoms with Crippen molar-refractivity contribution in [3.63, 3.8) is 0 Å². The van der Waals surface area contributed by atoms with E-state index in [0.29, 0.717) is 0 Å². The van der Waals surface area contributed by atoms with Gasteiger partial charge in [-0.3, -0.25) is 0 Å². The van der Waals surface area contributed by atoms with Crippen molar-refractivity contribution in [2.24, 2.45) is 5.41 Å². The summed E-state index contributed by atoms with van der Waals surface area (Å²) in [6.45, 7) is 16.1. The summed E-state index contributed by atoms with van der Waals surface area (Å²) in [4.78, 5) is 11.2. The number of anilines is 1. The molecular formula is C31H32N4OSe. The maximum absolute atomic E-state index is 9.71. The van der Waals surface area contributed by atoms with Crippen LogP contribution >= 0.6 is 0 Å². The van der Waals surface area contributed by atoms with Gasteiger partial charge < -0.3 is 0 Å². The fourth-order valence-electron chi connectivity index (χ4n) is 5.08. The minimum absolute atomic E-state index is 0.109. The van der Waals surface area contributed by atoms with Gasteiger partial charge >= 0.3 is 226 Å². The summed E-state index contributed by atoms with van der Waals surface area (Å²) in [6.07, 6.45) is 10.7. The molecule has 3 heterocycles. The van der Waals surface area contributed by atoms with Crippen molar-refractivity contribution >= 4 is 25.3 Å². The summed E-state index contributed by atoms with van der Waals surface area (Å²) in [5.74, 6) is 1.64. The van der Waals surface area contributed by atoms with E-state index in [0.717, 1.165) is 71.8 Å². The molecule has 1 aliphatic carbocycles. The van der Waals surface area contributed by atoms with Crippen LogP contribution in [-0.2, 0) is 4.74 Å². The van der Waals surface area contributed by atoms with Gasteiger partial charge in [-0.1, -0.05) is 0 Å². The molecule has 6 heteroatoms. The Kier molecular flexibility index (Phi) is 7.25. The molecule has 188 valence electrons. The van der Waals surface area contributed by atoms with Crippen LogP contribution < -0.4 is 4.90 Å². The molecule has 3 aliphatic rings. The second-order valence-corrected chi connectivity index (χ2v) is 12.9. The second kappa shape index (κ2) is 10.6. The van der Waals surface area contributed by atoms with Gasteiger partial charge in [-0.05, 0) is 0 Å². The summed E-state index contributed by atoms with van der Waals surface area (Å²) in [7, 11) is 0. The summed E-state index contributed by atoms with van der Waals surface area (Å²) < 4.78 is 9.09. The molecule has 2 aromatic rings. The molecule has 2 aliphatic heterocycles. The number of ether oxygens (including phenoxy) is 1. The molecule has 37 heavy (non-hydrogen) atoms. The van der Waals surface area contributed by atoms with Crippen molar-refractivity contribution in [1.82, 2.24) is 4.98 Å². The third kappa shape index (κ3) is 5.23. The van der Waals surface area contributed by atoms with E-state index in [1.807, 2.05) is 12.1 Å². The van der Waals surface area contributed by atoms with E-state index in [4.69, 9.17) is 16.3 Å². The molecule has 1 aromatic heterocycles. The van der Waals surface area contributed by atoms with E-state index >= 15 is 0 Å². The van der Waals surface area contributed by atoms with Gasteiger partial charge in [0.1, 0.15) is 0 Å². The number of rotatable bonds is 3. The number of nitrogens with zero attached hydrogens (tertiary/aromatic N) is 4. The van der Waals surface area contributed by atoms with E-state index in [-0.39, 0.29) is 25.6 Å². The van der Waals surface area contributed by atoms with Crippen LogP contribution in [0.15, 0.2) is 70.3 Å². The van der Waals surface area contributed by atoms with Crippen LogP contribution in [-0.4, -0.2) is 32.6 Å². The number of piperidine rings is 1. The summed E-state index contributed by atoms with van der Waals surface area (Å²) in [6, 6.07) is 12.6. The molecule has 0 atom stereocenters. The molecule has 0 N–H and O–H groups in total. The number of hydrogen-bond acceptors (Lipinski definition) is 4. The number of hydrogen-bond donors (Lipinski definition) is 0. The standard InChI is InChI=1S/C31H32N4OSe/c1-31(2,3)27-19-24(25(20-32)33-4)23-15-11-14-22(29(23)36-27)18-26-28(21-12-7-5-8-13-21)34-30(37-26)35-16-9-6-10-17-35/h5,7-8,12-13,18-19H,6,9-11,14-17H2,1-3H3/b22-18+,25-24+. The average molecular weight is 556 g/mol. The summed E-state index contributed by atoms with van der Waals surface area (Å²) in [5.41, 5.74) is 4.98. The number of aromatic nitrogens is 1. The van der Waals surface area contributed by atoms with Crippen molar-refractivity contribution in [3.8, 4) is 17.3 Å². The zero-order chi connectivity index (χ0) is 26.0. The van der Waals surface area contributed by atoms with Crippen molar-refractivity contribution in [2.45, 2.75) is 59.3 Å². The minimum atomic E-state index is -0.245. The van der Waals surface area contributed by atoms with E-state index < -0.39 is 0 Å². The zero-order valence-electron chi connectivity index (χ0n) is 21.8. The Labute approximate surface area is 226 Å². The van der Waals surface area contributed by atoms with Gasteiger partial charge in [-0.15, -0.1) is 0 Å². The summed E-state index contributed by atoms with van der Waals surface area (Å²) >= 11 is 0.109. The van der Waals surface area contributed by atoms with Gasteiger partial charge in [0.15, 0.2) is 0 Å². The van der Waals surface area contributed by atoms with Crippen LogP contribution in [0.3, 0.4) is 0 Å². The first-order valence-corrected chi connectivity index (χ1v) is 14.8. The molecular weight excluding hydrogens is 523 g/mol. The Morgan fingerprint density at radius 1 is 1.14 bits per heavy atom. The number of allylic oxidation sites excluding steroid dienone is 6. The summed E-state index contributed by atoms with van der Waals surface area (Å²) in [5, 5.41) is 9.71. The fraction of sp³-hybridized carbons (Fsp3) is 0.387. The Morgan fingerprint density at radius 2 is 1.89 bits per heavy atom. The van der Waals surface area contributed by atoms with E-state index in [2.05, 4.69) is 66.9 Å². The second-order valence-electron chi connectivity index (χ2n) is 10.8. The number of nitriles is 1. The van der Waals surface area contributed by atoms with Crippen LogP contribution in [0, 0.1) is 23.3 Å². The quantitative estimate of drug-likeness (QED) is 0.227. The first-order valence-electron chi connectivity index (χ1n) is 13.1. The van der Waals surface area contributed by atoms with Crippen LogP contribution in [0.5, 0.6) is 0 Å². The Bertz CT molecular complexity index is 1380. The molecule has 1 fully saturated rings. The van der Waals surface area contributed by atoms with Crippen LogP contribution in [0.2, 0.25) is 0 Å². The predicted octanol–water partition coefficient (Wildman–Crippen LogP) is 7.27. The third-order valence-electron chi connectivity index (χ3n) is 7.08. The van der Waals surface area contributed by atoms with E-state index in [9.17, 15) is 5.26 Å². The van der Waals surface area contributed by atoms with Crippen molar-refractivity contribution in [2.75, 3.05) is 18.0 Å². The molecule has 0 unspecified atom stereocenters. The van der Waals surface area contributed by atoms with Crippen molar-refractivity contribution in [1.29, 1.82) is 5.26 Å². The zero-order valence-corrected chi connectivity index (χ0v) is 23.5. The van der Waals surface area contributed by atoms with Gasteiger partial charge in [0.2, 0.25) is 0 Å². The Balaban J connectivity index is 1.64. The first-order chi connectivity index (χ1) is 17.9. The molecule has 5 nitrogen and oxygen atoms in total. The molecule has 1 aromatic carbocycles. The van der Waals surface area contributed by atoms with Crippen LogP contribution in [0.4, 0.5) is 4.69 Å². The Hall–Kier alpha value is -3.31. The van der Waals surface area contributed by atoms with E-state index in [1.54, 1.807) is 0 Å². The van der Waals surface area contributed by atoms with Crippen molar-refractivity contribution in [3.05, 3.63) is 86.2 Å². The fourth-order valence-corrected chi connectivity index (χ4v) is 7.40. The van der Waals surface area contributed by atoms with Gasteiger partial charge in [0.25, 0.3) is 0 Å². The average Bonchev–Trinajstić information content (AvgIpc) is 3.34. The SMILES string of the molecule is [C-]#[N+]/C(C#N)=C1\C=C(C(C)(C)C)OC2=C1CCC/C2=C\c1[se]c(N2CCCCC2)nc1-c1ccccc1. The topological polar surface area (TPSA) is 53.5 Å². The molecule has 0 saturated carbocycles. The molecule has 1 saturated heterocycles. The third-order valence-corrected chi connectivity index (χ3v) is 9.32. The first kappa shape index (κ1) is 25.3.